The summed E-state index contributed by atoms with van der Waals surface area (Å²) in [5.41, 5.74) is 1.46. The lowest BCUT2D eigenvalue weighted by molar-refractivity contribution is -0.136. The molecule has 0 bridgehead atoms. The van der Waals surface area contributed by atoms with Crippen LogP contribution in [0.5, 0.6) is 0 Å². The van der Waals surface area contributed by atoms with Crippen molar-refractivity contribution < 1.29 is 29.3 Å². The van der Waals surface area contributed by atoms with E-state index in [1.807, 2.05) is 0 Å². The van der Waals surface area contributed by atoms with Crippen molar-refractivity contribution in [1.82, 2.24) is 5.32 Å². The van der Waals surface area contributed by atoms with Crippen LogP contribution in [0.2, 0.25) is 0 Å². The highest BCUT2D eigenvalue weighted by Crippen LogP contribution is 2.23. The van der Waals surface area contributed by atoms with Gasteiger partial charge >= 0.3 is 11.9 Å². The Kier molecular flexibility index (Phi) is 6.31. The molecule has 0 aliphatic carbocycles. The quantitative estimate of drug-likeness (QED) is 0.530. The number of rotatable bonds is 7. The van der Waals surface area contributed by atoms with E-state index in [2.05, 4.69) is 15.6 Å². The molecule has 1 aliphatic rings. The molecule has 9 heteroatoms. The summed E-state index contributed by atoms with van der Waals surface area (Å²) in [6, 6.07) is 4.02. The van der Waals surface area contributed by atoms with Gasteiger partial charge in [0.2, 0.25) is 0 Å². The number of fused-ring (bicyclic) bond motifs is 1. The van der Waals surface area contributed by atoms with E-state index in [4.69, 9.17) is 19.7 Å². The standard InChI is InChI=1S/C16H21N3O6/c1-24-14(25-2)8-18-15-12(6-13(20)21)19-11-5-9(16(22)23)3-4-10(11)7-17-15/h3-5,12,14,19H,6-8H2,1-2H3,(H,17,18)(H,20,21)(H,22,23). The molecule has 1 aliphatic heterocycles. The molecule has 136 valence electrons. The summed E-state index contributed by atoms with van der Waals surface area (Å²) in [6.07, 6.45) is -0.717. The van der Waals surface area contributed by atoms with Crippen LogP contribution in [-0.4, -0.2) is 61.1 Å². The van der Waals surface area contributed by atoms with Gasteiger partial charge in [0.15, 0.2) is 6.29 Å². The van der Waals surface area contributed by atoms with Gasteiger partial charge in [-0.05, 0) is 17.7 Å². The van der Waals surface area contributed by atoms with Crippen LogP contribution in [0.3, 0.4) is 0 Å². The Morgan fingerprint density at radius 1 is 1.36 bits per heavy atom. The average Bonchev–Trinajstić information content (AvgIpc) is 2.74. The maximum atomic E-state index is 11.2. The molecule has 0 aromatic heterocycles. The highest BCUT2D eigenvalue weighted by Gasteiger charge is 2.24. The Morgan fingerprint density at radius 2 is 2.08 bits per heavy atom. The van der Waals surface area contributed by atoms with Gasteiger partial charge in [-0.25, -0.2) is 4.79 Å². The van der Waals surface area contributed by atoms with Crippen LogP contribution in [0, 0.1) is 0 Å². The van der Waals surface area contributed by atoms with Gasteiger partial charge in [0.1, 0.15) is 5.84 Å². The topological polar surface area (TPSA) is 129 Å². The number of amidine groups is 1. The first kappa shape index (κ1) is 18.7. The normalized spacial score (nSPS) is 16.4. The number of aliphatic imine (C=N–C) groups is 1. The number of ether oxygens (including phenoxy) is 2. The van der Waals surface area contributed by atoms with Crippen LogP contribution in [0.15, 0.2) is 23.2 Å². The maximum Gasteiger partial charge on any atom is 0.335 e. The van der Waals surface area contributed by atoms with Crippen LogP contribution >= 0.6 is 0 Å². The molecule has 1 aromatic carbocycles. The molecule has 0 radical (unpaired) electrons. The van der Waals surface area contributed by atoms with Gasteiger partial charge in [0, 0.05) is 19.9 Å². The summed E-state index contributed by atoms with van der Waals surface area (Å²) in [6.45, 7) is 0.589. The van der Waals surface area contributed by atoms with E-state index in [1.165, 1.54) is 26.4 Å². The largest absolute Gasteiger partial charge is 0.481 e. The molecule has 25 heavy (non-hydrogen) atoms. The molecule has 4 N–H and O–H groups in total. The minimum atomic E-state index is -1.05. The van der Waals surface area contributed by atoms with Gasteiger partial charge in [0.25, 0.3) is 0 Å². The minimum absolute atomic E-state index is 0.121. The zero-order chi connectivity index (χ0) is 18.4. The van der Waals surface area contributed by atoms with E-state index in [1.54, 1.807) is 6.07 Å². The minimum Gasteiger partial charge on any atom is -0.481 e. The van der Waals surface area contributed by atoms with Gasteiger partial charge in [-0.3, -0.25) is 9.79 Å². The molecule has 1 heterocycles. The first-order valence-corrected chi connectivity index (χ1v) is 7.63. The van der Waals surface area contributed by atoms with Crippen molar-refractivity contribution in [3.8, 4) is 0 Å². The molecule has 0 saturated heterocycles. The summed E-state index contributed by atoms with van der Waals surface area (Å²) in [5.74, 6) is -1.60. The van der Waals surface area contributed by atoms with Gasteiger partial charge < -0.3 is 30.3 Å². The SMILES string of the molecule is COC(CNC1=NCc2ccc(C(=O)O)cc2NC1CC(=O)O)OC. The second-order valence-corrected chi connectivity index (χ2v) is 5.46. The maximum absolute atomic E-state index is 11.2. The molecule has 9 nitrogen and oxygen atoms in total. The van der Waals surface area contributed by atoms with E-state index in [9.17, 15) is 9.59 Å². The number of methoxy groups -OCH3 is 2. The van der Waals surface area contributed by atoms with Crippen LogP contribution in [-0.2, 0) is 20.8 Å². The molecule has 0 spiro atoms. The lowest BCUT2D eigenvalue weighted by Gasteiger charge is -2.22. The number of nitrogens with one attached hydrogen (secondary N) is 2. The van der Waals surface area contributed by atoms with Gasteiger partial charge in [-0.15, -0.1) is 0 Å². The third kappa shape index (κ3) is 4.91. The van der Waals surface area contributed by atoms with Crippen molar-refractivity contribution in [2.75, 3.05) is 26.1 Å². The summed E-state index contributed by atoms with van der Waals surface area (Å²) >= 11 is 0. The molecular formula is C16H21N3O6. The van der Waals surface area contributed by atoms with Gasteiger partial charge in [0.05, 0.1) is 31.1 Å². The number of hydrogen-bond acceptors (Lipinski definition) is 7. The molecule has 1 aromatic rings. The van der Waals surface area contributed by atoms with Crippen molar-refractivity contribution in [3.05, 3.63) is 29.3 Å². The highest BCUT2D eigenvalue weighted by atomic mass is 16.7. The first-order chi connectivity index (χ1) is 11.9. The van der Waals surface area contributed by atoms with Crippen molar-refractivity contribution in [2.45, 2.75) is 25.3 Å². The number of carbonyl (C=O) groups is 2. The van der Waals surface area contributed by atoms with Gasteiger partial charge in [-0.2, -0.15) is 0 Å². The Bertz CT molecular complexity index is 672. The number of carboxylic acid groups (broad SMARTS) is 2. The fourth-order valence-electron chi connectivity index (χ4n) is 2.47. The number of hydrogen-bond donors (Lipinski definition) is 4. The predicted octanol–water partition coefficient (Wildman–Crippen LogP) is 0.761. The number of benzene rings is 1. The fraction of sp³-hybridized carbons (Fsp3) is 0.438. The second kappa shape index (κ2) is 8.45. The van der Waals surface area contributed by atoms with Crippen molar-refractivity contribution in [3.63, 3.8) is 0 Å². The molecule has 2 rings (SSSR count). The van der Waals surface area contributed by atoms with Crippen molar-refractivity contribution in [1.29, 1.82) is 0 Å². The summed E-state index contributed by atoms with van der Waals surface area (Å²) in [7, 11) is 3.00. The lowest BCUT2D eigenvalue weighted by atomic mass is 10.1. The number of aromatic carboxylic acids is 1. The second-order valence-electron chi connectivity index (χ2n) is 5.46. The fourth-order valence-corrected chi connectivity index (χ4v) is 2.47. The van der Waals surface area contributed by atoms with E-state index >= 15 is 0 Å². The van der Waals surface area contributed by atoms with E-state index in [0.717, 1.165) is 5.56 Å². The van der Waals surface area contributed by atoms with Crippen LogP contribution in [0.4, 0.5) is 5.69 Å². The van der Waals surface area contributed by atoms with Crippen LogP contribution < -0.4 is 10.6 Å². The number of carboxylic acids is 2. The Balaban J connectivity index is 2.23. The Hall–Kier alpha value is -2.65. The summed E-state index contributed by atoms with van der Waals surface area (Å²) in [4.78, 5) is 26.8. The molecule has 1 unspecified atom stereocenters. The van der Waals surface area contributed by atoms with Crippen LogP contribution in [0.25, 0.3) is 0 Å². The smallest absolute Gasteiger partial charge is 0.335 e. The lowest BCUT2D eigenvalue weighted by Crippen LogP contribution is -2.44. The third-order valence-electron chi connectivity index (χ3n) is 3.79. The van der Waals surface area contributed by atoms with E-state index < -0.39 is 24.3 Å². The molecule has 0 saturated carbocycles. The zero-order valence-electron chi connectivity index (χ0n) is 14.0. The van der Waals surface area contributed by atoms with E-state index in [0.29, 0.717) is 24.6 Å². The van der Waals surface area contributed by atoms with Crippen molar-refractivity contribution in [2.24, 2.45) is 4.99 Å². The summed E-state index contributed by atoms with van der Waals surface area (Å²) < 4.78 is 10.2. The molecule has 0 fully saturated rings. The summed E-state index contributed by atoms with van der Waals surface area (Å²) in [5, 5.41) is 24.4. The first-order valence-electron chi connectivity index (χ1n) is 7.63. The third-order valence-corrected chi connectivity index (χ3v) is 3.79. The Morgan fingerprint density at radius 3 is 2.68 bits per heavy atom. The highest BCUT2D eigenvalue weighted by molar-refractivity contribution is 5.95. The Labute approximate surface area is 144 Å². The number of aliphatic carboxylic acids is 1. The van der Waals surface area contributed by atoms with Crippen molar-refractivity contribution >= 4 is 23.5 Å². The number of nitrogens with zero attached hydrogens (tertiary/aromatic N) is 1. The predicted molar refractivity (Wildman–Crippen MR) is 90.0 cm³/mol. The number of anilines is 1. The van der Waals surface area contributed by atoms with Gasteiger partial charge in [-0.1, -0.05) is 6.07 Å². The molecule has 0 amide bonds. The monoisotopic (exact) mass is 351 g/mol. The van der Waals surface area contributed by atoms with E-state index in [-0.39, 0.29) is 12.0 Å². The average molecular weight is 351 g/mol. The zero-order valence-corrected chi connectivity index (χ0v) is 14.0. The van der Waals surface area contributed by atoms with Crippen LogP contribution in [0.1, 0.15) is 22.3 Å². The molecule has 1 atom stereocenters. The molecular weight excluding hydrogens is 330 g/mol.